The average molecular weight is 368 g/mol. The topological polar surface area (TPSA) is 51.1 Å². The molecule has 0 fully saturated rings. The number of aryl methyl sites for hydroxylation is 2. The summed E-state index contributed by atoms with van der Waals surface area (Å²) >= 11 is 1.78. The van der Waals surface area contributed by atoms with Gasteiger partial charge in [0.2, 0.25) is 0 Å². The minimum atomic E-state index is -0.200. The van der Waals surface area contributed by atoms with Crippen LogP contribution < -0.4 is 9.09 Å². The molecule has 0 aliphatic heterocycles. The Bertz CT molecular complexity index is 623. The van der Waals surface area contributed by atoms with Crippen molar-refractivity contribution in [2.75, 3.05) is 0 Å². The van der Waals surface area contributed by atoms with Gasteiger partial charge in [-0.1, -0.05) is 30.3 Å². The minimum Gasteiger partial charge on any atom is -0.314 e. The monoisotopic (exact) mass is 368 g/mol. The quantitative estimate of drug-likeness (QED) is 0.665. The van der Waals surface area contributed by atoms with Crippen molar-refractivity contribution in [1.82, 2.24) is 8.10 Å². The highest BCUT2D eigenvalue weighted by atomic mass is 127. The summed E-state index contributed by atoms with van der Waals surface area (Å²) in [7, 11) is 0. The third kappa shape index (κ3) is 3.66. The Morgan fingerprint density at radius 1 is 1.16 bits per heavy atom. The van der Waals surface area contributed by atoms with E-state index in [-0.39, 0.29) is 11.5 Å². The molecule has 0 atom stereocenters. The molecule has 1 amide bonds. The first-order valence-corrected chi connectivity index (χ1v) is 6.94. The van der Waals surface area contributed by atoms with Crippen LogP contribution in [0.2, 0.25) is 0 Å². The van der Waals surface area contributed by atoms with Gasteiger partial charge >= 0.3 is 0 Å². The van der Waals surface area contributed by atoms with Crippen LogP contribution in [0.25, 0.3) is 0 Å². The lowest BCUT2D eigenvalue weighted by Gasteiger charge is -2.07. The highest BCUT2D eigenvalue weighted by molar-refractivity contribution is 14.1. The van der Waals surface area contributed by atoms with Crippen LogP contribution in [-0.4, -0.2) is 10.5 Å². The van der Waals surface area contributed by atoms with E-state index in [1.807, 2.05) is 30.3 Å². The van der Waals surface area contributed by atoms with Gasteiger partial charge in [-0.3, -0.25) is 13.1 Å². The van der Waals surface area contributed by atoms with Gasteiger partial charge in [-0.15, -0.1) is 0 Å². The van der Waals surface area contributed by atoms with Crippen LogP contribution in [0.5, 0.6) is 0 Å². The molecule has 0 saturated heterocycles. The molecule has 2 aromatic rings. The predicted molar refractivity (Wildman–Crippen MR) is 82.3 cm³/mol. The van der Waals surface area contributed by atoms with Crippen molar-refractivity contribution in [3.63, 3.8) is 0 Å². The van der Waals surface area contributed by atoms with Gasteiger partial charge < -0.3 is 4.57 Å². The predicted octanol–water partition coefficient (Wildman–Crippen LogP) is 2.17. The molecule has 2 rings (SSSR count). The second-order valence-electron chi connectivity index (χ2n) is 4.11. The second-order valence-corrected chi connectivity index (χ2v) is 4.65. The maximum atomic E-state index is 11.7. The Balaban J connectivity index is 2.16. The van der Waals surface area contributed by atoms with Crippen LogP contribution in [0.3, 0.4) is 0 Å². The van der Waals surface area contributed by atoms with Crippen molar-refractivity contribution < 1.29 is 4.79 Å². The first kappa shape index (κ1) is 13.8. The fourth-order valence-corrected chi connectivity index (χ4v) is 2.10. The zero-order valence-corrected chi connectivity index (χ0v) is 12.3. The minimum absolute atomic E-state index is 0.0964. The number of benzene rings is 1. The van der Waals surface area contributed by atoms with Gasteiger partial charge in [0.15, 0.2) is 0 Å². The summed E-state index contributed by atoms with van der Waals surface area (Å²) in [5.41, 5.74) is 1.56. The van der Waals surface area contributed by atoms with Crippen LogP contribution >= 0.6 is 22.9 Å². The summed E-state index contributed by atoms with van der Waals surface area (Å²) in [6.45, 7) is 0.561. The number of nitrogens with one attached hydrogen (secondary N) is 1. The van der Waals surface area contributed by atoms with Crippen molar-refractivity contribution in [1.29, 1.82) is 0 Å². The van der Waals surface area contributed by atoms with Crippen LogP contribution in [0.15, 0.2) is 53.5 Å². The molecular weight excluding hydrogens is 355 g/mol. The largest absolute Gasteiger partial charge is 0.314 e. The first-order chi connectivity index (χ1) is 9.20. The van der Waals surface area contributed by atoms with Gasteiger partial charge in [0.25, 0.3) is 11.5 Å². The molecule has 1 aromatic carbocycles. The van der Waals surface area contributed by atoms with Crippen molar-refractivity contribution in [2.24, 2.45) is 0 Å². The number of carbonyl (C=O) groups is 1. The molecule has 0 aliphatic carbocycles. The molecule has 1 N–H and O–H groups in total. The van der Waals surface area contributed by atoms with Gasteiger partial charge in [0, 0.05) is 18.8 Å². The molecule has 0 aliphatic rings. The highest BCUT2D eigenvalue weighted by Crippen LogP contribution is 2.02. The standard InChI is InChI=1S/C14H13IN2O2/c15-16-14(19)12-6-7-13(18)17(10-12)9-8-11-4-2-1-3-5-11/h1-7,10H,8-9H2,(H,16,19). The smallest absolute Gasteiger partial charge is 0.261 e. The van der Waals surface area contributed by atoms with E-state index in [9.17, 15) is 9.59 Å². The molecule has 0 unspecified atom stereocenters. The highest BCUT2D eigenvalue weighted by Gasteiger charge is 2.06. The molecule has 0 spiro atoms. The van der Waals surface area contributed by atoms with Crippen LogP contribution in [0.4, 0.5) is 0 Å². The third-order valence-corrected chi connectivity index (χ3v) is 3.31. The van der Waals surface area contributed by atoms with E-state index in [4.69, 9.17) is 0 Å². The molecule has 19 heavy (non-hydrogen) atoms. The molecule has 0 radical (unpaired) electrons. The molecule has 4 nitrogen and oxygen atoms in total. The van der Waals surface area contributed by atoms with Crippen molar-refractivity contribution in [3.05, 3.63) is 70.1 Å². The average Bonchev–Trinajstić information content (AvgIpc) is 2.46. The summed E-state index contributed by atoms with van der Waals surface area (Å²) < 4.78 is 4.08. The van der Waals surface area contributed by atoms with Gasteiger partial charge in [-0.25, -0.2) is 0 Å². The number of carbonyl (C=O) groups excluding carboxylic acids is 1. The van der Waals surface area contributed by atoms with Crippen molar-refractivity contribution >= 4 is 28.8 Å². The number of hydrogen-bond donors (Lipinski definition) is 1. The Morgan fingerprint density at radius 2 is 1.89 bits per heavy atom. The maximum Gasteiger partial charge on any atom is 0.261 e. The Kier molecular flexibility index (Phi) is 4.73. The van der Waals surface area contributed by atoms with E-state index in [1.165, 1.54) is 12.1 Å². The summed E-state index contributed by atoms with van der Waals surface area (Å²) in [5, 5.41) is 0. The number of aromatic nitrogens is 1. The Labute approximate surface area is 125 Å². The van der Waals surface area contributed by atoms with E-state index in [2.05, 4.69) is 3.53 Å². The normalized spacial score (nSPS) is 10.2. The van der Waals surface area contributed by atoms with Crippen LogP contribution in [-0.2, 0) is 13.0 Å². The molecule has 98 valence electrons. The SMILES string of the molecule is O=C(NI)c1ccc(=O)n(CCc2ccccc2)c1. The van der Waals surface area contributed by atoms with Crippen LogP contribution in [0, 0.1) is 0 Å². The maximum absolute atomic E-state index is 11.7. The lowest BCUT2D eigenvalue weighted by atomic mass is 10.1. The third-order valence-electron chi connectivity index (χ3n) is 2.82. The Hall–Kier alpha value is -1.63. The molecule has 0 saturated carbocycles. The fourth-order valence-electron chi connectivity index (χ4n) is 1.79. The molecule has 1 heterocycles. The zero-order valence-electron chi connectivity index (χ0n) is 10.2. The number of nitrogens with zero attached hydrogens (tertiary/aromatic N) is 1. The van der Waals surface area contributed by atoms with Gasteiger partial charge in [0.1, 0.15) is 0 Å². The molecular formula is C14H13IN2O2. The van der Waals surface area contributed by atoms with Gasteiger partial charge in [-0.05, 0) is 18.1 Å². The van der Waals surface area contributed by atoms with Crippen molar-refractivity contribution in [3.8, 4) is 0 Å². The van der Waals surface area contributed by atoms with E-state index in [0.29, 0.717) is 12.1 Å². The van der Waals surface area contributed by atoms with E-state index in [1.54, 1.807) is 33.6 Å². The first-order valence-electron chi connectivity index (χ1n) is 5.86. The lowest BCUT2D eigenvalue weighted by Crippen LogP contribution is -2.23. The van der Waals surface area contributed by atoms with Crippen LogP contribution in [0.1, 0.15) is 15.9 Å². The van der Waals surface area contributed by atoms with E-state index >= 15 is 0 Å². The number of rotatable bonds is 4. The summed E-state index contributed by atoms with van der Waals surface area (Å²) in [6.07, 6.45) is 2.36. The van der Waals surface area contributed by atoms with E-state index in [0.717, 1.165) is 12.0 Å². The number of hydrogen-bond acceptors (Lipinski definition) is 2. The molecule has 0 bridgehead atoms. The van der Waals surface area contributed by atoms with Crippen molar-refractivity contribution in [2.45, 2.75) is 13.0 Å². The Morgan fingerprint density at radius 3 is 2.58 bits per heavy atom. The molecule has 1 aromatic heterocycles. The summed E-state index contributed by atoms with van der Waals surface area (Å²) in [5.74, 6) is -0.200. The van der Waals surface area contributed by atoms with Gasteiger partial charge in [-0.2, -0.15) is 0 Å². The zero-order chi connectivity index (χ0) is 13.7. The number of halogens is 1. The number of pyridine rings is 1. The summed E-state index contributed by atoms with van der Waals surface area (Å²) in [6, 6.07) is 12.9. The fraction of sp³-hybridized carbons (Fsp3) is 0.143. The van der Waals surface area contributed by atoms with E-state index < -0.39 is 0 Å². The lowest BCUT2D eigenvalue weighted by molar-refractivity contribution is 0.0989. The molecule has 5 heteroatoms. The number of amides is 1. The summed E-state index contributed by atoms with van der Waals surface area (Å²) in [4.78, 5) is 23.3. The van der Waals surface area contributed by atoms with Gasteiger partial charge in [0.05, 0.1) is 28.4 Å². The second kappa shape index (κ2) is 6.51.